The van der Waals surface area contributed by atoms with Crippen LogP contribution in [0, 0.1) is 5.92 Å². The number of nitrogens with zero attached hydrogens (tertiary/aromatic N) is 1. The standard InChI is InChI=1S/C19H30N2O3/c1-4-11-24-17-9-8-16(12-18(17)23-5-2)19(22)21-10-6-7-15(14-21)13-20-3/h8-9,12,15,20H,4-7,10-11,13-14H2,1-3H3. The molecule has 5 heteroatoms. The van der Waals surface area contributed by atoms with Gasteiger partial charge in [-0.05, 0) is 63.9 Å². The first-order chi connectivity index (χ1) is 11.7. The van der Waals surface area contributed by atoms with Gasteiger partial charge in [-0.2, -0.15) is 0 Å². The number of amides is 1. The number of carbonyl (C=O) groups excluding carboxylic acids is 1. The second-order valence-corrected chi connectivity index (χ2v) is 6.26. The van der Waals surface area contributed by atoms with Crippen LogP contribution in [0.1, 0.15) is 43.5 Å². The number of nitrogens with one attached hydrogen (secondary N) is 1. The Balaban J connectivity index is 2.11. The monoisotopic (exact) mass is 334 g/mol. The van der Waals surface area contributed by atoms with Gasteiger partial charge in [0.15, 0.2) is 11.5 Å². The van der Waals surface area contributed by atoms with Gasteiger partial charge in [0.2, 0.25) is 0 Å². The summed E-state index contributed by atoms with van der Waals surface area (Å²) in [7, 11) is 1.96. The quantitative estimate of drug-likeness (QED) is 0.794. The molecule has 1 N–H and O–H groups in total. The fourth-order valence-corrected chi connectivity index (χ4v) is 3.13. The zero-order chi connectivity index (χ0) is 17.4. The molecule has 0 aromatic heterocycles. The topological polar surface area (TPSA) is 50.8 Å². The second-order valence-electron chi connectivity index (χ2n) is 6.26. The highest BCUT2D eigenvalue weighted by atomic mass is 16.5. The summed E-state index contributed by atoms with van der Waals surface area (Å²) >= 11 is 0. The first kappa shape index (κ1) is 18.6. The lowest BCUT2D eigenvalue weighted by atomic mass is 9.97. The van der Waals surface area contributed by atoms with E-state index in [-0.39, 0.29) is 5.91 Å². The molecule has 1 atom stereocenters. The van der Waals surface area contributed by atoms with Gasteiger partial charge >= 0.3 is 0 Å². The Morgan fingerprint density at radius 3 is 2.83 bits per heavy atom. The highest BCUT2D eigenvalue weighted by Crippen LogP contribution is 2.30. The SMILES string of the molecule is CCCOc1ccc(C(=O)N2CCCC(CNC)C2)cc1OCC. The van der Waals surface area contributed by atoms with Crippen LogP contribution in [0.15, 0.2) is 18.2 Å². The van der Waals surface area contributed by atoms with Gasteiger partial charge in [-0.25, -0.2) is 0 Å². The maximum atomic E-state index is 12.8. The van der Waals surface area contributed by atoms with Gasteiger partial charge in [-0.15, -0.1) is 0 Å². The van der Waals surface area contributed by atoms with E-state index < -0.39 is 0 Å². The van der Waals surface area contributed by atoms with E-state index in [0.717, 1.165) is 32.5 Å². The molecule has 1 amide bonds. The lowest BCUT2D eigenvalue weighted by Gasteiger charge is -2.33. The summed E-state index contributed by atoms with van der Waals surface area (Å²) in [5, 5.41) is 3.22. The van der Waals surface area contributed by atoms with E-state index in [1.165, 1.54) is 6.42 Å². The van der Waals surface area contributed by atoms with E-state index in [1.807, 2.05) is 37.1 Å². The number of hydrogen-bond donors (Lipinski definition) is 1. The van der Waals surface area contributed by atoms with Crippen LogP contribution in [0.3, 0.4) is 0 Å². The van der Waals surface area contributed by atoms with Crippen LogP contribution in [0.5, 0.6) is 11.5 Å². The molecule has 1 unspecified atom stereocenters. The van der Waals surface area contributed by atoms with E-state index in [0.29, 0.717) is 36.2 Å². The van der Waals surface area contributed by atoms with Crippen molar-refractivity contribution in [3.05, 3.63) is 23.8 Å². The number of piperidine rings is 1. The predicted octanol–water partition coefficient (Wildman–Crippen LogP) is 2.95. The largest absolute Gasteiger partial charge is 0.490 e. The van der Waals surface area contributed by atoms with E-state index in [1.54, 1.807) is 0 Å². The Labute approximate surface area is 145 Å². The van der Waals surface area contributed by atoms with Crippen molar-refractivity contribution < 1.29 is 14.3 Å². The number of likely N-dealkylation sites (tertiary alicyclic amines) is 1. The fourth-order valence-electron chi connectivity index (χ4n) is 3.13. The molecular weight excluding hydrogens is 304 g/mol. The lowest BCUT2D eigenvalue weighted by Crippen LogP contribution is -2.42. The molecule has 1 aromatic rings. The second kappa shape index (κ2) is 9.52. The van der Waals surface area contributed by atoms with Crippen molar-refractivity contribution in [2.75, 3.05) is 39.9 Å². The number of benzene rings is 1. The minimum absolute atomic E-state index is 0.0822. The van der Waals surface area contributed by atoms with Crippen LogP contribution < -0.4 is 14.8 Å². The van der Waals surface area contributed by atoms with Crippen molar-refractivity contribution in [2.45, 2.75) is 33.1 Å². The number of hydrogen-bond acceptors (Lipinski definition) is 4. The van der Waals surface area contributed by atoms with Crippen molar-refractivity contribution in [1.82, 2.24) is 10.2 Å². The van der Waals surface area contributed by atoms with Crippen molar-refractivity contribution in [3.8, 4) is 11.5 Å². The average Bonchev–Trinajstić information content (AvgIpc) is 2.61. The molecule has 1 saturated heterocycles. The van der Waals surface area contributed by atoms with Crippen molar-refractivity contribution >= 4 is 5.91 Å². The van der Waals surface area contributed by atoms with Gasteiger partial charge in [0.05, 0.1) is 13.2 Å². The molecular formula is C19H30N2O3. The van der Waals surface area contributed by atoms with Crippen molar-refractivity contribution in [3.63, 3.8) is 0 Å². The van der Waals surface area contributed by atoms with Crippen LogP contribution in [0.2, 0.25) is 0 Å². The summed E-state index contributed by atoms with van der Waals surface area (Å²) in [6, 6.07) is 5.51. The lowest BCUT2D eigenvalue weighted by molar-refractivity contribution is 0.0673. The minimum atomic E-state index is 0.0822. The number of carbonyl (C=O) groups is 1. The Morgan fingerprint density at radius 1 is 1.29 bits per heavy atom. The third-order valence-corrected chi connectivity index (χ3v) is 4.25. The Bertz CT molecular complexity index is 531. The van der Waals surface area contributed by atoms with Gasteiger partial charge in [-0.3, -0.25) is 4.79 Å². The van der Waals surface area contributed by atoms with Crippen LogP contribution in [-0.2, 0) is 0 Å². The van der Waals surface area contributed by atoms with Crippen LogP contribution in [0.4, 0.5) is 0 Å². The van der Waals surface area contributed by atoms with Crippen LogP contribution in [0.25, 0.3) is 0 Å². The van der Waals surface area contributed by atoms with Crippen LogP contribution in [-0.4, -0.2) is 50.7 Å². The molecule has 0 aliphatic carbocycles. The van der Waals surface area contributed by atoms with E-state index in [2.05, 4.69) is 12.2 Å². The average molecular weight is 334 g/mol. The third-order valence-electron chi connectivity index (χ3n) is 4.25. The zero-order valence-corrected chi connectivity index (χ0v) is 15.1. The molecule has 1 aromatic carbocycles. The highest BCUT2D eigenvalue weighted by Gasteiger charge is 2.24. The summed E-state index contributed by atoms with van der Waals surface area (Å²) in [5.41, 5.74) is 0.674. The van der Waals surface area contributed by atoms with Gasteiger partial charge in [0.25, 0.3) is 5.91 Å². The Morgan fingerprint density at radius 2 is 2.12 bits per heavy atom. The Kier molecular flexibility index (Phi) is 7.37. The fraction of sp³-hybridized carbons (Fsp3) is 0.632. The summed E-state index contributed by atoms with van der Waals surface area (Å²) in [6.45, 7) is 7.80. The molecule has 0 saturated carbocycles. The molecule has 24 heavy (non-hydrogen) atoms. The molecule has 2 rings (SSSR count). The first-order valence-electron chi connectivity index (χ1n) is 9.03. The first-order valence-corrected chi connectivity index (χ1v) is 9.03. The highest BCUT2D eigenvalue weighted by molar-refractivity contribution is 5.95. The number of ether oxygens (including phenoxy) is 2. The molecule has 0 radical (unpaired) electrons. The summed E-state index contributed by atoms with van der Waals surface area (Å²) in [4.78, 5) is 14.8. The molecule has 1 aliphatic rings. The maximum Gasteiger partial charge on any atom is 0.254 e. The molecule has 1 heterocycles. The van der Waals surface area contributed by atoms with E-state index in [9.17, 15) is 4.79 Å². The molecule has 5 nitrogen and oxygen atoms in total. The minimum Gasteiger partial charge on any atom is -0.490 e. The van der Waals surface area contributed by atoms with Crippen molar-refractivity contribution in [2.24, 2.45) is 5.92 Å². The molecule has 134 valence electrons. The molecule has 0 spiro atoms. The smallest absolute Gasteiger partial charge is 0.254 e. The van der Waals surface area contributed by atoms with E-state index >= 15 is 0 Å². The third kappa shape index (κ3) is 4.87. The predicted molar refractivity (Wildman–Crippen MR) is 96.0 cm³/mol. The zero-order valence-electron chi connectivity index (χ0n) is 15.1. The summed E-state index contributed by atoms with van der Waals surface area (Å²) in [6.07, 6.45) is 3.18. The Hall–Kier alpha value is -1.75. The normalized spacial score (nSPS) is 17.6. The molecule has 1 aliphatic heterocycles. The molecule has 1 fully saturated rings. The van der Waals surface area contributed by atoms with E-state index in [4.69, 9.17) is 9.47 Å². The maximum absolute atomic E-state index is 12.8. The van der Waals surface area contributed by atoms with Crippen molar-refractivity contribution in [1.29, 1.82) is 0 Å². The van der Waals surface area contributed by atoms with Gasteiger partial charge in [0, 0.05) is 18.7 Å². The summed E-state index contributed by atoms with van der Waals surface area (Å²) in [5.74, 6) is 1.98. The number of rotatable bonds is 8. The summed E-state index contributed by atoms with van der Waals surface area (Å²) < 4.78 is 11.4. The van der Waals surface area contributed by atoms with Gasteiger partial charge in [0.1, 0.15) is 0 Å². The van der Waals surface area contributed by atoms with Crippen LogP contribution >= 0.6 is 0 Å². The van der Waals surface area contributed by atoms with Gasteiger partial charge < -0.3 is 19.7 Å². The molecule has 0 bridgehead atoms. The van der Waals surface area contributed by atoms with Gasteiger partial charge in [-0.1, -0.05) is 6.92 Å².